The minimum absolute atomic E-state index is 0.0799. The van der Waals surface area contributed by atoms with Crippen LogP contribution in [0, 0.1) is 5.82 Å². The minimum Gasteiger partial charge on any atom is -0.384 e. The first-order valence-corrected chi connectivity index (χ1v) is 8.81. The smallest absolute Gasteiger partial charge is 0.260 e. The molecule has 9 heteroatoms. The molecule has 0 saturated carbocycles. The first-order chi connectivity index (χ1) is 13.4. The second-order valence-electron chi connectivity index (χ2n) is 5.79. The Balaban J connectivity index is 1.65. The van der Waals surface area contributed by atoms with Crippen LogP contribution in [-0.4, -0.2) is 30.8 Å². The highest BCUT2D eigenvalue weighted by Crippen LogP contribution is 2.20. The van der Waals surface area contributed by atoms with Gasteiger partial charge in [0.25, 0.3) is 5.91 Å². The van der Waals surface area contributed by atoms with Crippen LogP contribution in [0.15, 0.2) is 53.7 Å². The molecule has 0 spiro atoms. The number of anilines is 1. The van der Waals surface area contributed by atoms with Crippen LogP contribution in [0.2, 0.25) is 5.02 Å². The molecule has 0 bridgehead atoms. The lowest BCUT2D eigenvalue weighted by Crippen LogP contribution is -2.29. The van der Waals surface area contributed by atoms with Gasteiger partial charge in [0.1, 0.15) is 11.7 Å². The number of amidine groups is 1. The molecule has 148 valence electrons. The lowest BCUT2D eigenvalue weighted by molar-refractivity contribution is -0.125. The Morgan fingerprint density at radius 2 is 1.82 bits per heavy atom. The largest absolute Gasteiger partial charge is 0.384 e. The molecule has 0 aliphatic rings. The lowest BCUT2D eigenvalue weighted by atomic mass is 10.1. The van der Waals surface area contributed by atoms with E-state index in [2.05, 4.69) is 15.8 Å². The molecule has 0 atom stereocenters. The quantitative estimate of drug-likeness (QED) is 0.338. The minimum atomic E-state index is -0.415. The number of para-hydroxylation sites is 1. The molecule has 28 heavy (non-hydrogen) atoms. The molecule has 0 saturated heterocycles. The summed E-state index contributed by atoms with van der Waals surface area (Å²) in [6.45, 7) is 0.0313. The Kier molecular flexibility index (Phi) is 8.23. The van der Waals surface area contributed by atoms with Gasteiger partial charge in [-0.3, -0.25) is 9.59 Å². The van der Waals surface area contributed by atoms with Gasteiger partial charge in [-0.05, 0) is 36.2 Å². The van der Waals surface area contributed by atoms with Crippen molar-refractivity contribution in [3.05, 3.63) is 64.9 Å². The van der Waals surface area contributed by atoms with Crippen molar-refractivity contribution in [2.75, 3.05) is 18.5 Å². The second kappa shape index (κ2) is 10.9. The molecule has 0 aliphatic heterocycles. The number of hydrogen-bond donors (Lipinski definition) is 3. The van der Waals surface area contributed by atoms with Gasteiger partial charge in [-0.15, -0.1) is 0 Å². The van der Waals surface area contributed by atoms with Crippen LogP contribution in [0.25, 0.3) is 0 Å². The maximum atomic E-state index is 12.8. The van der Waals surface area contributed by atoms with E-state index in [0.717, 1.165) is 5.56 Å². The molecule has 4 N–H and O–H groups in total. The van der Waals surface area contributed by atoms with E-state index in [1.165, 1.54) is 12.1 Å². The van der Waals surface area contributed by atoms with Crippen molar-refractivity contribution in [1.29, 1.82) is 0 Å². The van der Waals surface area contributed by atoms with Gasteiger partial charge in [-0.1, -0.05) is 41.0 Å². The van der Waals surface area contributed by atoms with Crippen molar-refractivity contribution in [3.63, 3.8) is 0 Å². The molecule has 2 amide bonds. The summed E-state index contributed by atoms with van der Waals surface area (Å²) < 4.78 is 12.8. The Hall–Kier alpha value is -3.13. The normalized spacial score (nSPS) is 11.0. The lowest BCUT2D eigenvalue weighted by Gasteiger charge is -2.07. The topological polar surface area (TPSA) is 106 Å². The molecular formula is C19H20ClFN4O3. The Labute approximate surface area is 166 Å². The van der Waals surface area contributed by atoms with E-state index in [1.54, 1.807) is 36.4 Å². The summed E-state index contributed by atoms with van der Waals surface area (Å²) in [7, 11) is 0. The molecule has 2 aromatic carbocycles. The third-order valence-electron chi connectivity index (χ3n) is 3.52. The van der Waals surface area contributed by atoms with Gasteiger partial charge in [0.2, 0.25) is 5.91 Å². The van der Waals surface area contributed by atoms with Gasteiger partial charge < -0.3 is 21.2 Å². The van der Waals surface area contributed by atoms with Gasteiger partial charge in [-0.2, -0.15) is 0 Å². The van der Waals surface area contributed by atoms with Gasteiger partial charge >= 0.3 is 0 Å². The fourth-order valence-corrected chi connectivity index (χ4v) is 2.36. The van der Waals surface area contributed by atoms with Gasteiger partial charge in [0, 0.05) is 6.54 Å². The van der Waals surface area contributed by atoms with Crippen molar-refractivity contribution in [3.8, 4) is 0 Å². The number of halogens is 2. The van der Waals surface area contributed by atoms with E-state index in [0.29, 0.717) is 23.7 Å². The molecular weight excluding hydrogens is 387 g/mol. The number of oxime groups is 1. The van der Waals surface area contributed by atoms with Crippen LogP contribution in [-0.2, 0) is 20.8 Å². The highest BCUT2D eigenvalue weighted by atomic mass is 35.5. The van der Waals surface area contributed by atoms with Crippen LogP contribution in [0.1, 0.15) is 12.0 Å². The van der Waals surface area contributed by atoms with Crippen molar-refractivity contribution < 1.29 is 18.8 Å². The maximum Gasteiger partial charge on any atom is 0.260 e. The zero-order chi connectivity index (χ0) is 20.4. The van der Waals surface area contributed by atoms with E-state index in [9.17, 15) is 14.0 Å². The second-order valence-corrected chi connectivity index (χ2v) is 6.19. The SMILES string of the molecule is N/C(CC(=O)Nc1ccccc1Cl)=N/OCC(=O)NCCc1ccc(F)cc1. The summed E-state index contributed by atoms with van der Waals surface area (Å²) in [5.74, 6) is -1.19. The predicted molar refractivity (Wildman–Crippen MR) is 105 cm³/mol. The Bertz CT molecular complexity index is 843. The molecule has 0 aromatic heterocycles. The van der Waals surface area contributed by atoms with E-state index in [4.69, 9.17) is 22.2 Å². The van der Waals surface area contributed by atoms with E-state index < -0.39 is 5.91 Å². The maximum absolute atomic E-state index is 12.8. The number of benzene rings is 2. The van der Waals surface area contributed by atoms with Gasteiger partial charge in [0.05, 0.1) is 17.1 Å². The number of carbonyl (C=O) groups is 2. The fourth-order valence-electron chi connectivity index (χ4n) is 2.18. The summed E-state index contributed by atoms with van der Waals surface area (Å²) in [6, 6.07) is 12.8. The number of rotatable bonds is 9. The van der Waals surface area contributed by atoms with Gasteiger partial charge in [-0.25, -0.2) is 4.39 Å². The predicted octanol–water partition coefficient (Wildman–Crippen LogP) is 2.46. The number of carbonyl (C=O) groups excluding carboxylic acids is 2. The number of hydrogen-bond acceptors (Lipinski definition) is 4. The molecule has 2 rings (SSSR count). The summed E-state index contributed by atoms with van der Waals surface area (Å²) in [5.41, 5.74) is 6.97. The van der Waals surface area contributed by atoms with Crippen molar-refractivity contribution in [1.82, 2.24) is 5.32 Å². The Morgan fingerprint density at radius 1 is 1.11 bits per heavy atom. The standard InChI is InChI=1S/C19H20ClFN4O3/c20-15-3-1-2-4-16(15)24-18(26)11-17(22)25-28-12-19(27)23-10-9-13-5-7-14(21)8-6-13/h1-8H,9-12H2,(H2,22,25)(H,23,27)(H,24,26). The number of amides is 2. The molecule has 0 unspecified atom stereocenters. The fraction of sp³-hybridized carbons (Fsp3) is 0.211. The monoisotopic (exact) mass is 406 g/mol. The zero-order valence-electron chi connectivity index (χ0n) is 15.0. The molecule has 0 radical (unpaired) electrons. The molecule has 2 aromatic rings. The van der Waals surface area contributed by atoms with Gasteiger partial charge in [0.15, 0.2) is 6.61 Å². The molecule has 0 aliphatic carbocycles. The van der Waals surface area contributed by atoms with Crippen LogP contribution in [0.4, 0.5) is 10.1 Å². The van der Waals surface area contributed by atoms with Crippen LogP contribution < -0.4 is 16.4 Å². The van der Waals surface area contributed by atoms with E-state index in [1.807, 2.05) is 0 Å². The van der Waals surface area contributed by atoms with Crippen molar-refractivity contribution >= 4 is 34.9 Å². The van der Waals surface area contributed by atoms with Crippen LogP contribution in [0.3, 0.4) is 0 Å². The number of nitrogens with two attached hydrogens (primary N) is 1. The first kappa shape index (κ1) is 21.2. The summed E-state index contributed by atoms with van der Waals surface area (Å²) >= 11 is 5.95. The van der Waals surface area contributed by atoms with Crippen molar-refractivity contribution in [2.45, 2.75) is 12.8 Å². The molecule has 7 nitrogen and oxygen atoms in total. The summed E-state index contributed by atoms with van der Waals surface area (Å²) in [5, 5.41) is 9.18. The average molecular weight is 407 g/mol. The highest BCUT2D eigenvalue weighted by Gasteiger charge is 2.08. The zero-order valence-corrected chi connectivity index (χ0v) is 15.7. The number of nitrogens with zero attached hydrogens (tertiary/aromatic N) is 1. The number of nitrogens with one attached hydrogen (secondary N) is 2. The summed E-state index contributed by atoms with van der Waals surface area (Å²) in [6.07, 6.45) is 0.344. The van der Waals surface area contributed by atoms with Crippen molar-refractivity contribution in [2.24, 2.45) is 10.9 Å². The third kappa shape index (κ3) is 7.63. The van der Waals surface area contributed by atoms with Crippen LogP contribution >= 0.6 is 11.6 Å². The van der Waals surface area contributed by atoms with E-state index in [-0.39, 0.29) is 30.6 Å². The summed E-state index contributed by atoms with van der Waals surface area (Å²) in [4.78, 5) is 28.4. The van der Waals surface area contributed by atoms with Crippen LogP contribution in [0.5, 0.6) is 0 Å². The highest BCUT2D eigenvalue weighted by molar-refractivity contribution is 6.33. The van der Waals surface area contributed by atoms with E-state index >= 15 is 0 Å². The first-order valence-electron chi connectivity index (χ1n) is 8.44. The third-order valence-corrected chi connectivity index (χ3v) is 3.85. The Morgan fingerprint density at radius 3 is 2.54 bits per heavy atom. The molecule has 0 heterocycles. The average Bonchev–Trinajstić information content (AvgIpc) is 2.65. The molecule has 0 fully saturated rings.